The number of carbonyl (C=O) groups is 3. The van der Waals surface area contributed by atoms with Crippen LogP contribution in [-0.4, -0.2) is 66.9 Å². The number of hydrogen-bond donors (Lipinski definition) is 2. The number of carbonyl (C=O) groups excluding carboxylic acids is 2. The van der Waals surface area contributed by atoms with Crippen LogP contribution in [0.2, 0.25) is 0 Å². The van der Waals surface area contributed by atoms with E-state index in [-0.39, 0.29) is 32.4 Å². The summed E-state index contributed by atoms with van der Waals surface area (Å²) in [6, 6.07) is -1.16. The van der Waals surface area contributed by atoms with Gasteiger partial charge >= 0.3 is 22.3 Å². The maximum Gasteiger partial charge on any atom is 0.407 e. The largest absolute Gasteiger partial charge is 0.480 e. The predicted molar refractivity (Wildman–Crippen MR) is 89.6 cm³/mol. The normalized spacial score (nSPS) is 19.3. The lowest BCUT2D eigenvalue weighted by Gasteiger charge is -2.25. The second-order valence-electron chi connectivity index (χ2n) is 7.25. The zero-order valence-electron chi connectivity index (χ0n) is 15.0. The third-order valence-electron chi connectivity index (χ3n) is 3.66. The van der Waals surface area contributed by atoms with Crippen molar-refractivity contribution >= 4 is 28.2 Å². The zero-order valence-corrected chi connectivity index (χ0v) is 15.8. The molecule has 26 heavy (non-hydrogen) atoms. The Labute approximate surface area is 152 Å². The lowest BCUT2D eigenvalue weighted by Crippen LogP contribution is -2.43. The highest BCUT2D eigenvalue weighted by molar-refractivity contribution is 7.86. The summed E-state index contributed by atoms with van der Waals surface area (Å²) in [5, 5.41) is 11.8. The van der Waals surface area contributed by atoms with Crippen molar-refractivity contribution in [3.8, 4) is 0 Å². The van der Waals surface area contributed by atoms with Gasteiger partial charge in [0.05, 0.1) is 5.75 Å². The number of carboxylic acids is 1. The van der Waals surface area contributed by atoms with Crippen molar-refractivity contribution in [2.75, 3.05) is 18.8 Å². The summed E-state index contributed by atoms with van der Waals surface area (Å²) in [7, 11) is -4.73. The Kier molecular flexibility index (Phi) is 7.36. The first kappa shape index (κ1) is 22.1. The van der Waals surface area contributed by atoms with E-state index >= 15 is 0 Å². The van der Waals surface area contributed by atoms with E-state index in [0.717, 1.165) is 4.90 Å². The Balaban J connectivity index is 2.53. The number of ether oxygens (including phenoxy) is 1. The van der Waals surface area contributed by atoms with Crippen LogP contribution in [0.5, 0.6) is 0 Å². The molecular weight excluding hydrogens is 371 g/mol. The fourth-order valence-corrected chi connectivity index (χ4v) is 3.50. The molecule has 0 aromatic heterocycles. The zero-order chi connectivity index (χ0) is 20.1. The standard InChI is InChI=1S/C15H25FN2O7S/c1-15(2,3)25-14(22)17-6-4-5-11(13(20)21)18-8-10(7-12(18)19)9-26(16,23)24/h10-11H,4-9H2,1-3H3,(H,17,22)(H,20,21)/t10?,11-/m0/s1. The highest BCUT2D eigenvalue weighted by Gasteiger charge is 2.39. The van der Waals surface area contributed by atoms with Crippen LogP contribution in [0.25, 0.3) is 0 Å². The van der Waals surface area contributed by atoms with Crippen LogP contribution in [0.15, 0.2) is 0 Å². The molecule has 2 N–H and O–H groups in total. The molecule has 150 valence electrons. The molecule has 0 spiro atoms. The third kappa shape index (κ3) is 7.98. The van der Waals surface area contributed by atoms with Crippen LogP contribution < -0.4 is 5.32 Å². The van der Waals surface area contributed by atoms with E-state index < -0.39 is 51.5 Å². The average Bonchev–Trinajstić information content (AvgIpc) is 2.74. The van der Waals surface area contributed by atoms with Crippen LogP contribution in [-0.2, 0) is 24.5 Å². The van der Waals surface area contributed by atoms with Gasteiger partial charge in [-0.05, 0) is 33.6 Å². The Bertz CT molecular complexity index is 645. The Morgan fingerprint density at radius 2 is 2.04 bits per heavy atom. The number of hydrogen-bond acceptors (Lipinski definition) is 6. The minimum atomic E-state index is -4.73. The molecule has 1 fully saturated rings. The van der Waals surface area contributed by atoms with E-state index in [1.807, 2.05) is 0 Å². The summed E-state index contributed by atoms with van der Waals surface area (Å²) in [5.41, 5.74) is -0.651. The van der Waals surface area contributed by atoms with E-state index in [9.17, 15) is 31.8 Å². The summed E-state index contributed by atoms with van der Waals surface area (Å²) < 4.78 is 39.2. The van der Waals surface area contributed by atoms with E-state index in [4.69, 9.17) is 4.74 Å². The Hall–Kier alpha value is -1.91. The number of likely N-dealkylation sites (tertiary alicyclic amines) is 1. The fourth-order valence-electron chi connectivity index (χ4n) is 2.72. The van der Waals surface area contributed by atoms with Crippen molar-refractivity contribution in [2.45, 2.75) is 51.7 Å². The van der Waals surface area contributed by atoms with E-state index in [1.165, 1.54) is 0 Å². The van der Waals surface area contributed by atoms with Gasteiger partial charge in [-0.25, -0.2) is 9.59 Å². The van der Waals surface area contributed by atoms with Crippen molar-refractivity contribution in [1.29, 1.82) is 0 Å². The Morgan fingerprint density at radius 1 is 1.42 bits per heavy atom. The quantitative estimate of drug-likeness (QED) is 0.460. The molecular formula is C15H25FN2O7S. The van der Waals surface area contributed by atoms with Crippen LogP contribution in [0.3, 0.4) is 0 Å². The maximum atomic E-state index is 12.8. The van der Waals surface area contributed by atoms with Crippen molar-refractivity contribution < 1.29 is 36.5 Å². The summed E-state index contributed by atoms with van der Waals surface area (Å²) in [6.45, 7) is 5.15. The minimum absolute atomic E-state index is 0.0615. The van der Waals surface area contributed by atoms with Gasteiger partial charge in [0.2, 0.25) is 5.91 Å². The first-order valence-corrected chi connectivity index (χ1v) is 9.75. The van der Waals surface area contributed by atoms with Crippen molar-refractivity contribution in [3.63, 3.8) is 0 Å². The molecule has 0 aromatic carbocycles. The number of rotatable bonds is 8. The molecule has 0 aliphatic carbocycles. The summed E-state index contributed by atoms with van der Waals surface area (Å²) in [5.74, 6) is -3.33. The van der Waals surface area contributed by atoms with Crippen LogP contribution in [0.1, 0.15) is 40.0 Å². The van der Waals surface area contributed by atoms with E-state index in [2.05, 4.69) is 5.32 Å². The second-order valence-corrected chi connectivity index (χ2v) is 8.66. The molecule has 0 bridgehead atoms. The number of alkyl carbamates (subject to hydrolysis) is 1. The first-order chi connectivity index (χ1) is 11.8. The van der Waals surface area contributed by atoms with Gasteiger partial charge < -0.3 is 20.1 Å². The number of nitrogens with zero attached hydrogens (tertiary/aromatic N) is 1. The van der Waals surface area contributed by atoms with Crippen LogP contribution in [0, 0.1) is 5.92 Å². The molecule has 2 atom stereocenters. The molecule has 11 heteroatoms. The molecule has 1 saturated heterocycles. The predicted octanol–water partition coefficient (Wildman–Crippen LogP) is 0.892. The van der Waals surface area contributed by atoms with Gasteiger partial charge in [0, 0.05) is 25.4 Å². The lowest BCUT2D eigenvalue weighted by atomic mass is 10.1. The van der Waals surface area contributed by atoms with E-state index in [1.54, 1.807) is 20.8 Å². The van der Waals surface area contributed by atoms with Crippen LogP contribution >= 0.6 is 0 Å². The van der Waals surface area contributed by atoms with Crippen molar-refractivity contribution in [3.05, 3.63) is 0 Å². The monoisotopic (exact) mass is 396 g/mol. The molecule has 1 rings (SSSR count). The van der Waals surface area contributed by atoms with Gasteiger partial charge in [0.15, 0.2) is 0 Å². The first-order valence-electron chi connectivity index (χ1n) is 8.20. The smallest absolute Gasteiger partial charge is 0.407 e. The van der Waals surface area contributed by atoms with Crippen molar-refractivity contribution in [1.82, 2.24) is 10.2 Å². The average molecular weight is 396 g/mol. The summed E-state index contributed by atoms with van der Waals surface area (Å²) in [4.78, 5) is 36.0. The van der Waals surface area contributed by atoms with Crippen LogP contribution in [0.4, 0.5) is 8.68 Å². The fraction of sp³-hybridized carbons (Fsp3) is 0.800. The van der Waals surface area contributed by atoms with Gasteiger partial charge in [0.1, 0.15) is 11.6 Å². The van der Waals surface area contributed by atoms with Gasteiger partial charge in [-0.3, -0.25) is 4.79 Å². The number of aliphatic carboxylic acids is 1. The highest BCUT2D eigenvalue weighted by atomic mass is 32.3. The highest BCUT2D eigenvalue weighted by Crippen LogP contribution is 2.24. The molecule has 1 aliphatic heterocycles. The van der Waals surface area contributed by atoms with Gasteiger partial charge in [-0.2, -0.15) is 8.42 Å². The molecule has 2 amide bonds. The molecule has 0 radical (unpaired) electrons. The molecule has 9 nitrogen and oxygen atoms in total. The van der Waals surface area contributed by atoms with Gasteiger partial charge in [-0.15, -0.1) is 3.89 Å². The molecule has 0 aromatic rings. The number of carboxylic acid groups (broad SMARTS) is 1. The Morgan fingerprint density at radius 3 is 2.54 bits per heavy atom. The maximum absolute atomic E-state index is 12.8. The number of amides is 2. The third-order valence-corrected chi connectivity index (χ3v) is 4.53. The second kappa shape index (κ2) is 8.65. The molecule has 1 unspecified atom stereocenters. The SMILES string of the molecule is CC(C)(C)OC(=O)NCCC[C@@H](C(=O)O)N1CC(CS(=O)(=O)F)CC1=O. The summed E-state index contributed by atoms with van der Waals surface area (Å²) >= 11 is 0. The summed E-state index contributed by atoms with van der Waals surface area (Å²) in [6.07, 6.45) is -0.504. The molecule has 1 heterocycles. The van der Waals surface area contributed by atoms with Gasteiger partial charge in [0.25, 0.3) is 0 Å². The van der Waals surface area contributed by atoms with Crippen molar-refractivity contribution in [2.24, 2.45) is 5.92 Å². The number of halogens is 1. The molecule has 0 saturated carbocycles. The molecule has 1 aliphatic rings. The van der Waals surface area contributed by atoms with E-state index in [0.29, 0.717) is 0 Å². The number of nitrogens with one attached hydrogen (secondary N) is 1. The topological polar surface area (TPSA) is 130 Å². The lowest BCUT2D eigenvalue weighted by molar-refractivity contribution is -0.148. The van der Waals surface area contributed by atoms with Gasteiger partial charge in [-0.1, -0.05) is 0 Å². The minimum Gasteiger partial charge on any atom is -0.480 e.